The number of amides is 2. The summed E-state index contributed by atoms with van der Waals surface area (Å²) in [5, 5.41) is 13.9. The quantitative estimate of drug-likeness (QED) is 0.595. The fourth-order valence-electron chi connectivity index (χ4n) is 3.08. The zero-order valence-corrected chi connectivity index (χ0v) is 14.8. The highest BCUT2D eigenvalue weighted by atomic mass is 19.1. The van der Waals surface area contributed by atoms with Crippen LogP contribution in [0.4, 0.5) is 15.9 Å². The molecule has 2 heterocycles. The van der Waals surface area contributed by atoms with Gasteiger partial charge in [0.25, 0.3) is 17.5 Å². The highest BCUT2D eigenvalue weighted by Gasteiger charge is 2.26. The van der Waals surface area contributed by atoms with E-state index in [9.17, 15) is 24.1 Å². The molecule has 9 nitrogen and oxygen atoms in total. The predicted octanol–water partition coefficient (Wildman–Crippen LogP) is 1.94. The van der Waals surface area contributed by atoms with Gasteiger partial charge < -0.3 is 16.0 Å². The van der Waals surface area contributed by atoms with E-state index in [1.807, 2.05) is 0 Å². The minimum Gasteiger partial charge on any atom is -0.367 e. The summed E-state index contributed by atoms with van der Waals surface area (Å²) < 4.78 is 13.8. The van der Waals surface area contributed by atoms with Gasteiger partial charge in [0.2, 0.25) is 0 Å². The predicted molar refractivity (Wildman–Crippen MR) is 98.4 cm³/mol. The molecule has 1 aromatic heterocycles. The fourth-order valence-corrected chi connectivity index (χ4v) is 3.08. The first-order valence-electron chi connectivity index (χ1n) is 8.61. The van der Waals surface area contributed by atoms with Gasteiger partial charge in [0.1, 0.15) is 17.8 Å². The molecule has 0 saturated carbocycles. The van der Waals surface area contributed by atoms with Gasteiger partial charge in [-0.25, -0.2) is 9.37 Å². The summed E-state index contributed by atoms with van der Waals surface area (Å²) >= 11 is 0. The van der Waals surface area contributed by atoms with E-state index in [4.69, 9.17) is 5.73 Å². The van der Waals surface area contributed by atoms with Crippen LogP contribution in [0.25, 0.3) is 0 Å². The second kappa shape index (κ2) is 7.99. The number of hydrogen-bond acceptors (Lipinski definition) is 6. The van der Waals surface area contributed by atoms with Crippen LogP contribution in [-0.2, 0) is 0 Å². The number of nitro groups is 1. The lowest BCUT2D eigenvalue weighted by atomic mass is 10.0. The van der Waals surface area contributed by atoms with Crippen LogP contribution in [0.3, 0.4) is 0 Å². The molecule has 1 saturated heterocycles. The van der Waals surface area contributed by atoms with Crippen molar-refractivity contribution in [1.29, 1.82) is 0 Å². The molecule has 1 aliphatic heterocycles. The maximum atomic E-state index is 13.8. The minimum absolute atomic E-state index is 0.0296. The molecule has 0 spiro atoms. The van der Waals surface area contributed by atoms with Crippen molar-refractivity contribution in [1.82, 2.24) is 9.88 Å². The van der Waals surface area contributed by atoms with E-state index in [0.717, 1.165) is 12.3 Å². The normalized spacial score (nSPS) is 14.5. The van der Waals surface area contributed by atoms with Crippen LogP contribution >= 0.6 is 0 Å². The Hall–Kier alpha value is -3.56. The Morgan fingerprint density at radius 3 is 2.54 bits per heavy atom. The number of halogens is 1. The van der Waals surface area contributed by atoms with Crippen LogP contribution in [0.2, 0.25) is 0 Å². The topological polar surface area (TPSA) is 131 Å². The van der Waals surface area contributed by atoms with Gasteiger partial charge in [-0.15, -0.1) is 0 Å². The molecule has 28 heavy (non-hydrogen) atoms. The number of piperidine rings is 1. The first kappa shape index (κ1) is 19.2. The van der Waals surface area contributed by atoms with Gasteiger partial charge in [-0.1, -0.05) is 12.1 Å². The molecular weight excluding hydrogens is 369 g/mol. The lowest BCUT2D eigenvalue weighted by molar-refractivity contribution is -0.385. The second-order valence-corrected chi connectivity index (χ2v) is 6.40. The van der Waals surface area contributed by atoms with Gasteiger partial charge in [0.15, 0.2) is 0 Å². The van der Waals surface area contributed by atoms with Gasteiger partial charge in [-0.2, -0.15) is 0 Å². The number of benzene rings is 1. The average Bonchev–Trinajstić information content (AvgIpc) is 2.68. The summed E-state index contributed by atoms with van der Waals surface area (Å²) in [5.41, 5.74) is 4.93. The van der Waals surface area contributed by atoms with Crippen molar-refractivity contribution in [2.75, 3.05) is 18.4 Å². The third-order valence-electron chi connectivity index (χ3n) is 4.58. The molecule has 0 bridgehead atoms. The van der Waals surface area contributed by atoms with Crippen LogP contribution in [0, 0.1) is 15.9 Å². The van der Waals surface area contributed by atoms with Crippen LogP contribution in [0.1, 0.15) is 33.6 Å². The summed E-state index contributed by atoms with van der Waals surface area (Å²) in [7, 11) is 0. The van der Waals surface area contributed by atoms with E-state index >= 15 is 0 Å². The first-order valence-corrected chi connectivity index (χ1v) is 8.61. The van der Waals surface area contributed by atoms with E-state index in [-0.39, 0.29) is 34.6 Å². The molecule has 2 aromatic rings. The first-order chi connectivity index (χ1) is 13.4. The fraction of sp³-hybridized carbons (Fsp3) is 0.278. The smallest absolute Gasteiger partial charge is 0.288 e. The Bertz CT molecular complexity index is 928. The number of nitrogens with zero attached hydrogens (tertiary/aromatic N) is 3. The van der Waals surface area contributed by atoms with Gasteiger partial charge in [0.05, 0.1) is 16.1 Å². The van der Waals surface area contributed by atoms with Crippen molar-refractivity contribution in [3.63, 3.8) is 0 Å². The number of nitrogens with one attached hydrogen (secondary N) is 1. The lowest BCUT2D eigenvalue weighted by Gasteiger charge is -2.33. The molecule has 10 heteroatoms. The van der Waals surface area contributed by atoms with Gasteiger partial charge >= 0.3 is 0 Å². The van der Waals surface area contributed by atoms with Gasteiger partial charge in [-0.3, -0.25) is 19.7 Å². The van der Waals surface area contributed by atoms with E-state index in [1.54, 1.807) is 11.0 Å². The highest BCUT2D eigenvalue weighted by molar-refractivity contribution is 5.98. The number of carbonyl (C=O) groups excluding carboxylic acids is 2. The maximum absolute atomic E-state index is 13.8. The lowest BCUT2D eigenvalue weighted by Crippen LogP contribution is -2.43. The molecule has 3 N–H and O–H groups in total. The number of primary amides is 1. The summed E-state index contributed by atoms with van der Waals surface area (Å²) in [5.74, 6) is -1.60. The van der Waals surface area contributed by atoms with Crippen LogP contribution < -0.4 is 11.1 Å². The highest BCUT2D eigenvalue weighted by Crippen LogP contribution is 2.23. The number of carbonyl (C=O) groups is 2. The van der Waals surface area contributed by atoms with Crippen molar-refractivity contribution in [2.45, 2.75) is 18.9 Å². The van der Waals surface area contributed by atoms with Crippen molar-refractivity contribution < 1.29 is 18.9 Å². The van der Waals surface area contributed by atoms with Gasteiger partial charge in [0, 0.05) is 25.2 Å². The summed E-state index contributed by atoms with van der Waals surface area (Å²) in [4.78, 5) is 39.8. The molecule has 2 amide bonds. The van der Waals surface area contributed by atoms with Crippen molar-refractivity contribution in [2.24, 2.45) is 5.73 Å². The monoisotopic (exact) mass is 387 g/mol. The molecule has 0 radical (unpaired) electrons. The second-order valence-electron chi connectivity index (χ2n) is 6.40. The number of pyridine rings is 1. The summed E-state index contributed by atoms with van der Waals surface area (Å²) in [6.45, 7) is 0.785. The Kier molecular flexibility index (Phi) is 5.48. The minimum atomic E-state index is -0.828. The van der Waals surface area contributed by atoms with Crippen LogP contribution in [-0.4, -0.2) is 45.8 Å². The molecular formula is C18H18FN5O4. The molecule has 146 valence electrons. The Morgan fingerprint density at radius 1 is 1.25 bits per heavy atom. The molecule has 0 atom stereocenters. The van der Waals surface area contributed by atoms with Crippen LogP contribution in [0.5, 0.6) is 0 Å². The standard InChI is InChI=1S/C18H18FN5O4/c19-15-4-2-1-3-13(15)18(26)23-7-5-11(6-8-23)22-17-14(16(20)25)9-12(10-21-17)24(27)28/h1-4,9-11H,5-8H2,(H2,20,25)(H,21,22). The van der Waals surface area contributed by atoms with E-state index in [0.29, 0.717) is 25.9 Å². The Morgan fingerprint density at radius 2 is 1.93 bits per heavy atom. The van der Waals surface area contributed by atoms with Crippen LogP contribution in [0.15, 0.2) is 36.5 Å². The summed E-state index contributed by atoms with van der Waals surface area (Å²) in [6, 6.07) is 6.78. The molecule has 0 aliphatic carbocycles. The number of rotatable bonds is 5. The van der Waals surface area contributed by atoms with Crippen molar-refractivity contribution in [3.8, 4) is 0 Å². The van der Waals surface area contributed by atoms with Gasteiger partial charge in [-0.05, 0) is 25.0 Å². The van der Waals surface area contributed by atoms with E-state index < -0.39 is 16.6 Å². The molecule has 1 aliphatic rings. The van der Waals surface area contributed by atoms with Crippen molar-refractivity contribution >= 4 is 23.3 Å². The molecule has 1 fully saturated rings. The zero-order valence-electron chi connectivity index (χ0n) is 14.8. The molecule has 0 unspecified atom stereocenters. The number of hydrogen-bond donors (Lipinski definition) is 2. The average molecular weight is 387 g/mol. The molecule has 1 aromatic carbocycles. The Balaban J connectivity index is 1.66. The largest absolute Gasteiger partial charge is 0.367 e. The van der Waals surface area contributed by atoms with E-state index in [2.05, 4.69) is 10.3 Å². The number of nitrogens with two attached hydrogens (primary N) is 1. The Labute approximate surface area is 159 Å². The summed E-state index contributed by atoms with van der Waals surface area (Å²) in [6.07, 6.45) is 2.12. The zero-order chi connectivity index (χ0) is 20.3. The number of aromatic nitrogens is 1. The molecule has 3 rings (SSSR count). The third kappa shape index (κ3) is 4.05. The third-order valence-corrected chi connectivity index (χ3v) is 4.58. The maximum Gasteiger partial charge on any atom is 0.288 e. The van der Waals surface area contributed by atoms with E-state index in [1.165, 1.54) is 18.2 Å². The number of anilines is 1. The number of likely N-dealkylation sites (tertiary alicyclic amines) is 1. The SMILES string of the molecule is NC(=O)c1cc([N+](=O)[O-])cnc1NC1CCN(C(=O)c2ccccc2F)CC1. The van der Waals surface area contributed by atoms with Crippen molar-refractivity contribution in [3.05, 3.63) is 63.6 Å².